The molecule has 2 aliphatic rings. The van der Waals surface area contributed by atoms with E-state index in [0.29, 0.717) is 30.3 Å². The number of nitrogens with one attached hydrogen (secondary N) is 1. The number of likely N-dealkylation sites (tertiary alicyclic amines) is 1. The van der Waals surface area contributed by atoms with Gasteiger partial charge in [-0.3, -0.25) is 9.59 Å². The van der Waals surface area contributed by atoms with E-state index in [1.165, 1.54) is 19.3 Å². The van der Waals surface area contributed by atoms with Crippen molar-refractivity contribution in [3.05, 3.63) is 54.4 Å². The predicted molar refractivity (Wildman–Crippen MR) is 122 cm³/mol. The van der Waals surface area contributed by atoms with E-state index in [1.807, 2.05) is 36.4 Å². The van der Waals surface area contributed by atoms with Crippen LogP contribution in [0.5, 0.6) is 0 Å². The fourth-order valence-corrected chi connectivity index (χ4v) is 4.98. The van der Waals surface area contributed by atoms with Gasteiger partial charge in [-0.05, 0) is 31.7 Å². The maximum Gasteiger partial charge on any atom is 0.259 e. The van der Waals surface area contributed by atoms with Gasteiger partial charge in [-0.15, -0.1) is 0 Å². The molecule has 32 heavy (non-hydrogen) atoms. The summed E-state index contributed by atoms with van der Waals surface area (Å²) < 4.78 is 1.72. The van der Waals surface area contributed by atoms with Crippen LogP contribution in [0, 0.1) is 5.92 Å². The molecule has 1 aromatic carbocycles. The second kappa shape index (κ2) is 9.10. The minimum Gasteiger partial charge on any atom is -0.353 e. The standard InChI is InChI=1S/C25H29N5O2/c31-24(28-20-11-5-2-6-12-20)19-10-7-15-29(17-19)25(32)21-16-27-30-22(13-14-26-23(21)30)18-8-3-1-4-9-18/h1,3-4,8-9,13-14,16,19-20H,2,5-7,10-12,15,17H2,(H,28,31). The SMILES string of the molecule is O=C(NC1CCCCC1)C1CCCN(C(=O)c2cnn3c(-c4ccccc4)ccnc23)C1. The van der Waals surface area contributed by atoms with Gasteiger partial charge in [-0.2, -0.15) is 5.10 Å². The first-order chi connectivity index (χ1) is 15.7. The van der Waals surface area contributed by atoms with Crippen molar-refractivity contribution in [3.63, 3.8) is 0 Å². The lowest BCUT2D eigenvalue weighted by Gasteiger charge is -2.33. The first kappa shape index (κ1) is 20.7. The van der Waals surface area contributed by atoms with Gasteiger partial charge >= 0.3 is 0 Å². The van der Waals surface area contributed by atoms with Crippen molar-refractivity contribution in [2.24, 2.45) is 5.92 Å². The maximum atomic E-state index is 13.4. The van der Waals surface area contributed by atoms with Crippen LogP contribution in [0.3, 0.4) is 0 Å². The van der Waals surface area contributed by atoms with Crippen LogP contribution < -0.4 is 5.32 Å². The largest absolute Gasteiger partial charge is 0.353 e. The second-order valence-corrected chi connectivity index (χ2v) is 8.92. The molecule has 1 N–H and O–H groups in total. The Bertz CT molecular complexity index is 1100. The van der Waals surface area contributed by atoms with Gasteiger partial charge < -0.3 is 10.2 Å². The Hall–Kier alpha value is -3.22. The quantitative estimate of drug-likeness (QED) is 0.683. The number of nitrogens with zero attached hydrogens (tertiary/aromatic N) is 4. The molecule has 166 valence electrons. The average molecular weight is 432 g/mol. The Labute approximate surface area is 187 Å². The number of aromatic nitrogens is 3. The van der Waals surface area contributed by atoms with Crippen molar-refractivity contribution in [1.29, 1.82) is 0 Å². The number of carbonyl (C=O) groups excluding carboxylic acids is 2. The van der Waals surface area contributed by atoms with Crippen molar-refractivity contribution >= 4 is 17.5 Å². The summed E-state index contributed by atoms with van der Waals surface area (Å²) >= 11 is 0. The fourth-order valence-electron chi connectivity index (χ4n) is 4.98. The van der Waals surface area contributed by atoms with Gasteiger partial charge in [-0.25, -0.2) is 9.50 Å². The Kier molecular flexibility index (Phi) is 5.88. The number of piperidine rings is 1. The molecule has 7 heteroatoms. The van der Waals surface area contributed by atoms with Crippen molar-refractivity contribution in [3.8, 4) is 11.3 Å². The smallest absolute Gasteiger partial charge is 0.259 e. The summed E-state index contributed by atoms with van der Waals surface area (Å²) in [6.45, 7) is 1.11. The van der Waals surface area contributed by atoms with Gasteiger partial charge in [0.2, 0.25) is 5.91 Å². The number of hydrogen-bond donors (Lipinski definition) is 1. The van der Waals surface area contributed by atoms with Crippen LogP contribution in [0.25, 0.3) is 16.9 Å². The van der Waals surface area contributed by atoms with Crippen molar-refractivity contribution in [1.82, 2.24) is 24.8 Å². The van der Waals surface area contributed by atoms with Gasteiger partial charge in [0, 0.05) is 30.9 Å². The number of amides is 2. The zero-order valence-electron chi connectivity index (χ0n) is 18.2. The van der Waals surface area contributed by atoms with E-state index < -0.39 is 0 Å². The van der Waals surface area contributed by atoms with Crippen LogP contribution in [0.4, 0.5) is 0 Å². The van der Waals surface area contributed by atoms with E-state index in [9.17, 15) is 9.59 Å². The minimum atomic E-state index is -0.149. The van der Waals surface area contributed by atoms with Crippen LogP contribution in [0.15, 0.2) is 48.8 Å². The highest BCUT2D eigenvalue weighted by atomic mass is 16.2. The van der Waals surface area contributed by atoms with Crippen molar-refractivity contribution in [2.75, 3.05) is 13.1 Å². The molecule has 1 saturated carbocycles. The normalized spacial score (nSPS) is 19.8. The van der Waals surface area contributed by atoms with E-state index in [1.54, 1.807) is 21.8 Å². The molecule has 3 aromatic rings. The molecule has 3 heterocycles. The summed E-state index contributed by atoms with van der Waals surface area (Å²) in [7, 11) is 0. The molecule has 1 aliphatic carbocycles. The molecule has 2 aromatic heterocycles. The van der Waals surface area contributed by atoms with Gasteiger partial charge in [0.05, 0.1) is 17.8 Å². The summed E-state index contributed by atoms with van der Waals surface area (Å²) in [6.07, 6.45) is 10.7. The van der Waals surface area contributed by atoms with Crippen LogP contribution in [0.2, 0.25) is 0 Å². The first-order valence-corrected chi connectivity index (χ1v) is 11.7. The molecule has 0 radical (unpaired) electrons. The summed E-state index contributed by atoms with van der Waals surface area (Å²) in [5.74, 6) is -0.157. The summed E-state index contributed by atoms with van der Waals surface area (Å²) in [5, 5.41) is 7.70. The zero-order chi connectivity index (χ0) is 21.9. The van der Waals surface area contributed by atoms with Crippen LogP contribution in [0.1, 0.15) is 55.3 Å². The van der Waals surface area contributed by atoms with Gasteiger partial charge in [-0.1, -0.05) is 49.6 Å². The average Bonchev–Trinajstić information content (AvgIpc) is 3.29. The second-order valence-electron chi connectivity index (χ2n) is 8.92. The molecule has 0 bridgehead atoms. The Morgan fingerprint density at radius 1 is 0.969 bits per heavy atom. The third-order valence-corrected chi connectivity index (χ3v) is 6.73. The molecule has 7 nitrogen and oxygen atoms in total. The van der Waals surface area contributed by atoms with Crippen LogP contribution in [-0.4, -0.2) is 50.4 Å². The van der Waals surface area contributed by atoms with Crippen LogP contribution in [-0.2, 0) is 4.79 Å². The maximum absolute atomic E-state index is 13.4. The van der Waals surface area contributed by atoms with E-state index >= 15 is 0 Å². The first-order valence-electron chi connectivity index (χ1n) is 11.7. The number of fused-ring (bicyclic) bond motifs is 1. The van der Waals surface area contributed by atoms with Crippen LogP contribution >= 0.6 is 0 Å². The molecule has 1 unspecified atom stereocenters. The van der Waals surface area contributed by atoms with Gasteiger partial charge in [0.25, 0.3) is 5.91 Å². The van der Waals surface area contributed by atoms with E-state index in [2.05, 4.69) is 15.4 Å². The summed E-state index contributed by atoms with van der Waals surface area (Å²) in [4.78, 5) is 32.5. The predicted octanol–water partition coefficient (Wildman–Crippen LogP) is 3.70. The van der Waals surface area contributed by atoms with Gasteiger partial charge in [0.1, 0.15) is 5.56 Å². The zero-order valence-corrected chi connectivity index (χ0v) is 18.2. The van der Waals surface area contributed by atoms with E-state index in [0.717, 1.165) is 36.9 Å². The lowest BCUT2D eigenvalue weighted by Crippen LogP contribution is -2.47. The highest BCUT2D eigenvalue weighted by molar-refractivity contribution is 6.00. The molecule has 2 fully saturated rings. The summed E-state index contributed by atoms with van der Waals surface area (Å²) in [5.41, 5.74) is 2.93. The number of rotatable bonds is 4. The Morgan fingerprint density at radius 3 is 2.59 bits per heavy atom. The highest BCUT2D eigenvalue weighted by Crippen LogP contribution is 2.24. The number of benzene rings is 1. The summed E-state index contributed by atoms with van der Waals surface area (Å²) in [6, 6.07) is 12.1. The molecule has 2 amide bonds. The lowest BCUT2D eigenvalue weighted by molar-refractivity contribution is -0.127. The Morgan fingerprint density at radius 2 is 1.78 bits per heavy atom. The van der Waals surface area contributed by atoms with E-state index in [-0.39, 0.29) is 17.7 Å². The molecule has 1 saturated heterocycles. The fraction of sp³-hybridized carbons (Fsp3) is 0.440. The monoisotopic (exact) mass is 431 g/mol. The third-order valence-electron chi connectivity index (χ3n) is 6.73. The van der Waals surface area contributed by atoms with E-state index in [4.69, 9.17) is 0 Å². The minimum absolute atomic E-state index is 0.0961. The molecular formula is C25H29N5O2. The van der Waals surface area contributed by atoms with Gasteiger partial charge in [0.15, 0.2) is 5.65 Å². The highest BCUT2D eigenvalue weighted by Gasteiger charge is 2.31. The Balaban J connectivity index is 1.33. The lowest BCUT2D eigenvalue weighted by atomic mass is 9.93. The number of hydrogen-bond acceptors (Lipinski definition) is 4. The van der Waals surface area contributed by atoms with Crippen molar-refractivity contribution in [2.45, 2.75) is 51.0 Å². The number of carbonyl (C=O) groups is 2. The molecular weight excluding hydrogens is 402 g/mol. The molecule has 1 atom stereocenters. The topological polar surface area (TPSA) is 79.6 Å². The van der Waals surface area contributed by atoms with Crippen molar-refractivity contribution < 1.29 is 9.59 Å². The third kappa shape index (κ3) is 4.11. The molecule has 5 rings (SSSR count). The molecule has 1 aliphatic heterocycles. The molecule has 0 spiro atoms.